The van der Waals surface area contributed by atoms with E-state index in [1.54, 1.807) is 7.11 Å². The number of aromatic nitrogens is 2. The third-order valence-electron chi connectivity index (χ3n) is 2.25. The van der Waals surface area contributed by atoms with Crippen molar-refractivity contribution in [3.63, 3.8) is 0 Å². The van der Waals surface area contributed by atoms with E-state index in [9.17, 15) is 0 Å². The topological polar surface area (TPSA) is 74.2 Å². The van der Waals surface area contributed by atoms with Gasteiger partial charge < -0.3 is 15.0 Å². The van der Waals surface area contributed by atoms with Crippen LogP contribution in [-0.2, 0) is 17.6 Å². The third kappa shape index (κ3) is 4.72. The van der Waals surface area contributed by atoms with Crippen molar-refractivity contribution in [1.82, 2.24) is 10.1 Å². The quantitative estimate of drug-likeness (QED) is 0.757. The molecule has 5 heteroatoms. The highest BCUT2D eigenvalue weighted by molar-refractivity contribution is 4.89. The number of hydrogen-bond donors (Lipinski definition) is 1. The molecule has 1 aromatic heterocycles. The second-order valence-corrected chi connectivity index (χ2v) is 4.44. The van der Waals surface area contributed by atoms with Crippen molar-refractivity contribution in [2.24, 2.45) is 11.7 Å². The maximum Gasteiger partial charge on any atom is 0.228 e. The van der Waals surface area contributed by atoms with E-state index in [2.05, 4.69) is 24.0 Å². The number of rotatable bonds is 7. The van der Waals surface area contributed by atoms with Crippen LogP contribution in [0.5, 0.6) is 0 Å². The van der Waals surface area contributed by atoms with E-state index in [-0.39, 0.29) is 6.04 Å². The van der Waals surface area contributed by atoms with Crippen molar-refractivity contribution in [2.45, 2.75) is 39.2 Å². The summed E-state index contributed by atoms with van der Waals surface area (Å²) in [6.45, 7) is 4.91. The Morgan fingerprint density at radius 1 is 1.44 bits per heavy atom. The Bertz CT molecular complexity index is 299. The number of methoxy groups -OCH3 is 1. The molecule has 0 aliphatic heterocycles. The molecule has 0 saturated carbocycles. The van der Waals surface area contributed by atoms with E-state index >= 15 is 0 Å². The molecule has 2 N–H and O–H groups in total. The second-order valence-electron chi connectivity index (χ2n) is 4.44. The van der Waals surface area contributed by atoms with Crippen LogP contribution in [0.15, 0.2) is 4.52 Å². The van der Waals surface area contributed by atoms with Gasteiger partial charge >= 0.3 is 0 Å². The van der Waals surface area contributed by atoms with Gasteiger partial charge in [0, 0.05) is 26.0 Å². The summed E-state index contributed by atoms with van der Waals surface area (Å²) >= 11 is 0. The Hall–Kier alpha value is -0.940. The summed E-state index contributed by atoms with van der Waals surface area (Å²) < 4.78 is 10.1. The second kappa shape index (κ2) is 6.60. The predicted octanol–water partition coefficient (Wildman–Crippen LogP) is 1.17. The summed E-state index contributed by atoms with van der Waals surface area (Å²) in [5, 5.41) is 3.86. The molecule has 92 valence electrons. The first-order chi connectivity index (χ1) is 7.61. The Kier molecular flexibility index (Phi) is 5.42. The van der Waals surface area contributed by atoms with E-state index < -0.39 is 0 Å². The van der Waals surface area contributed by atoms with Crippen molar-refractivity contribution < 1.29 is 9.26 Å². The molecule has 5 nitrogen and oxygen atoms in total. The van der Waals surface area contributed by atoms with Gasteiger partial charge in [-0.1, -0.05) is 19.0 Å². The predicted molar refractivity (Wildman–Crippen MR) is 61.0 cm³/mol. The lowest BCUT2D eigenvalue weighted by Gasteiger charge is -2.10. The largest absolute Gasteiger partial charge is 0.384 e. The van der Waals surface area contributed by atoms with E-state index in [0.717, 1.165) is 6.42 Å². The first-order valence-electron chi connectivity index (χ1n) is 5.67. The van der Waals surface area contributed by atoms with Gasteiger partial charge in [0.15, 0.2) is 5.82 Å². The fourth-order valence-electron chi connectivity index (χ4n) is 1.58. The first kappa shape index (κ1) is 13.1. The summed E-state index contributed by atoms with van der Waals surface area (Å²) in [7, 11) is 1.65. The van der Waals surface area contributed by atoms with Gasteiger partial charge in [0.2, 0.25) is 5.89 Å². The lowest BCUT2D eigenvalue weighted by atomic mass is 10.0. The molecule has 0 aliphatic rings. The third-order valence-corrected chi connectivity index (χ3v) is 2.25. The average molecular weight is 227 g/mol. The summed E-state index contributed by atoms with van der Waals surface area (Å²) in [6, 6.07) is 0.0933. The van der Waals surface area contributed by atoms with Crippen molar-refractivity contribution in [3.8, 4) is 0 Å². The molecule has 0 spiro atoms. The zero-order valence-electron chi connectivity index (χ0n) is 10.3. The van der Waals surface area contributed by atoms with E-state index in [1.807, 2.05) is 0 Å². The molecule has 1 aromatic rings. The Morgan fingerprint density at radius 3 is 2.81 bits per heavy atom. The van der Waals surface area contributed by atoms with Crippen LogP contribution in [0.4, 0.5) is 0 Å². The van der Waals surface area contributed by atoms with Crippen LogP contribution < -0.4 is 5.73 Å². The molecule has 0 bridgehead atoms. The number of hydrogen-bond acceptors (Lipinski definition) is 5. The standard InChI is InChI=1S/C11H21N3O2/c1-8(2)6-9(12)7-11-13-10(14-16-11)4-5-15-3/h8-9H,4-7,12H2,1-3H3. The van der Waals surface area contributed by atoms with Crippen molar-refractivity contribution in [3.05, 3.63) is 11.7 Å². The van der Waals surface area contributed by atoms with Gasteiger partial charge in [-0.2, -0.15) is 4.98 Å². The monoisotopic (exact) mass is 227 g/mol. The van der Waals surface area contributed by atoms with Gasteiger partial charge in [0.05, 0.1) is 6.61 Å². The molecular weight excluding hydrogens is 206 g/mol. The number of nitrogens with zero attached hydrogens (tertiary/aromatic N) is 2. The van der Waals surface area contributed by atoms with Crippen molar-refractivity contribution in [2.75, 3.05) is 13.7 Å². The van der Waals surface area contributed by atoms with Crippen LogP contribution >= 0.6 is 0 Å². The van der Waals surface area contributed by atoms with Crippen LogP contribution in [-0.4, -0.2) is 29.9 Å². The molecular formula is C11H21N3O2. The summed E-state index contributed by atoms with van der Waals surface area (Å²) in [4.78, 5) is 4.26. The van der Waals surface area contributed by atoms with Crippen LogP contribution in [0.3, 0.4) is 0 Å². The molecule has 0 saturated heterocycles. The van der Waals surface area contributed by atoms with Gasteiger partial charge in [0.25, 0.3) is 0 Å². The molecule has 0 radical (unpaired) electrons. The Morgan fingerprint density at radius 2 is 2.19 bits per heavy atom. The molecule has 1 unspecified atom stereocenters. The van der Waals surface area contributed by atoms with Gasteiger partial charge in [-0.15, -0.1) is 0 Å². The number of nitrogens with two attached hydrogens (primary N) is 1. The lowest BCUT2D eigenvalue weighted by molar-refractivity contribution is 0.199. The maximum absolute atomic E-state index is 5.96. The molecule has 0 aromatic carbocycles. The number of ether oxygens (including phenoxy) is 1. The minimum absolute atomic E-state index is 0.0933. The molecule has 1 atom stereocenters. The summed E-state index contributed by atoms with van der Waals surface area (Å²) in [6.07, 6.45) is 2.30. The van der Waals surface area contributed by atoms with Gasteiger partial charge in [-0.3, -0.25) is 0 Å². The minimum atomic E-state index is 0.0933. The smallest absolute Gasteiger partial charge is 0.228 e. The van der Waals surface area contributed by atoms with Gasteiger partial charge in [-0.05, 0) is 12.3 Å². The molecule has 0 amide bonds. The Balaban J connectivity index is 2.39. The van der Waals surface area contributed by atoms with Gasteiger partial charge in [-0.25, -0.2) is 0 Å². The fourth-order valence-corrected chi connectivity index (χ4v) is 1.58. The zero-order valence-corrected chi connectivity index (χ0v) is 10.3. The summed E-state index contributed by atoms with van der Waals surface area (Å²) in [5.74, 6) is 1.90. The average Bonchev–Trinajstić information content (AvgIpc) is 2.61. The molecule has 1 heterocycles. The van der Waals surface area contributed by atoms with Gasteiger partial charge in [0.1, 0.15) is 0 Å². The SMILES string of the molecule is COCCc1noc(CC(N)CC(C)C)n1. The lowest BCUT2D eigenvalue weighted by Crippen LogP contribution is -2.24. The van der Waals surface area contributed by atoms with E-state index in [1.165, 1.54) is 0 Å². The van der Waals surface area contributed by atoms with Crippen LogP contribution in [0.2, 0.25) is 0 Å². The molecule has 0 aliphatic carbocycles. The highest BCUT2D eigenvalue weighted by atomic mass is 16.5. The zero-order chi connectivity index (χ0) is 12.0. The highest BCUT2D eigenvalue weighted by Gasteiger charge is 2.12. The molecule has 1 rings (SSSR count). The first-order valence-corrected chi connectivity index (χ1v) is 5.67. The van der Waals surface area contributed by atoms with Crippen LogP contribution in [0.1, 0.15) is 32.0 Å². The summed E-state index contributed by atoms with van der Waals surface area (Å²) in [5.41, 5.74) is 5.96. The minimum Gasteiger partial charge on any atom is -0.384 e. The van der Waals surface area contributed by atoms with Crippen molar-refractivity contribution in [1.29, 1.82) is 0 Å². The highest BCUT2D eigenvalue weighted by Crippen LogP contribution is 2.08. The maximum atomic E-state index is 5.96. The van der Waals surface area contributed by atoms with E-state index in [4.69, 9.17) is 15.0 Å². The Labute approximate surface area is 96.4 Å². The van der Waals surface area contributed by atoms with Crippen LogP contribution in [0, 0.1) is 5.92 Å². The molecule has 0 fully saturated rings. The fraction of sp³-hybridized carbons (Fsp3) is 0.818. The van der Waals surface area contributed by atoms with Crippen molar-refractivity contribution >= 4 is 0 Å². The van der Waals surface area contributed by atoms with Crippen LogP contribution in [0.25, 0.3) is 0 Å². The normalized spacial score (nSPS) is 13.3. The molecule has 16 heavy (non-hydrogen) atoms. The van der Waals surface area contributed by atoms with E-state index in [0.29, 0.717) is 37.1 Å².